The molecule has 0 aliphatic carbocycles. The summed E-state index contributed by atoms with van der Waals surface area (Å²) in [4.78, 5) is 4.51. The number of nitrogens with zero attached hydrogens (tertiary/aromatic N) is 2. The molecule has 2 N–H and O–H groups in total. The first-order valence-electron chi connectivity index (χ1n) is 6.74. The Morgan fingerprint density at radius 1 is 1.05 bits per heavy atom. The van der Waals surface area contributed by atoms with Gasteiger partial charge in [0.25, 0.3) is 0 Å². The van der Waals surface area contributed by atoms with Crippen LogP contribution >= 0.6 is 0 Å². The minimum Gasteiger partial charge on any atom is -0.384 e. The number of fused-ring (bicyclic) bond motifs is 1. The second-order valence-electron chi connectivity index (χ2n) is 5.06. The van der Waals surface area contributed by atoms with Gasteiger partial charge in [0.2, 0.25) is 10.0 Å². The molecule has 5 nitrogen and oxygen atoms in total. The van der Waals surface area contributed by atoms with E-state index in [-0.39, 0.29) is 0 Å². The van der Waals surface area contributed by atoms with Crippen LogP contribution in [0.4, 0.5) is 5.82 Å². The Balaban J connectivity index is 2.02. The van der Waals surface area contributed by atoms with E-state index in [9.17, 15) is 8.42 Å². The zero-order valence-electron chi connectivity index (χ0n) is 11.1. The van der Waals surface area contributed by atoms with Crippen molar-refractivity contribution < 1.29 is 8.42 Å². The molecule has 1 fully saturated rings. The lowest BCUT2D eigenvalue weighted by Gasteiger charge is -2.25. The third kappa shape index (κ3) is 2.36. The number of anilines is 1. The molecule has 1 aliphatic rings. The van der Waals surface area contributed by atoms with E-state index in [1.54, 1.807) is 34.6 Å². The molecule has 0 bridgehead atoms. The summed E-state index contributed by atoms with van der Waals surface area (Å²) in [6.07, 6.45) is 2.97. The number of piperidine rings is 1. The van der Waals surface area contributed by atoms with Gasteiger partial charge >= 0.3 is 0 Å². The molecule has 1 aliphatic heterocycles. The summed E-state index contributed by atoms with van der Waals surface area (Å²) in [5.41, 5.74) is 6.34. The molecular formula is C14H17N3O2S. The number of sulfonamides is 1. The zero-order valence-corrected chi connectivity index (χ0v) is 11.9. The van der Waals surface area contributed by atoms with Gasteiger partial charge in [-0.15, -0.1) is 0 Å². The van der Waals surface area contributed by atoms with Crippen LogP contribution in [0.15, 0.2) is 35.2 Å². The summed E-state index contributed by atoms with van der Waals surface area (Å²) in [5, 5.41) is 0.789. The van der Waals surface area contributed by atoms with Crippen LogP contribution in [0.25, 0.3) is 10.9 Å². The molecular weight excluding hydrogens is 274 g/mol. The lowest BCUT2D eigenvalue weighted by molar-refractivity contribution is 0.346. The van der Waals surface area contributed by atoms with Gasteiger partial charge in [0.15, 0.2) is 0 Å². The van der Waals surface area contributed by atoms with E-state index in [1.165, 1.54) is 0 Å². The topological polar surface area (TPSA) is 76.3 Å². The monoisotopic (exact) mass is 291 g/mol. The molecule has 0 saturated carbocycles. The first-order valence-corrected chi connectivity index (χ1v) is 8.18. The highest BCUT2D eigenvalue weighted by atomic mass is 32.2. The number of hydrogen-bond donors (Lipinski definition) is 1. The van der Waals surface area contributed by atoms with Crippen molar-refractivity contribution in [3.63, 3.8) is 0 Å². The van der Waals surface area contributed by atoms with Crippen molar-refractivity contribution in [2.75, 3.05) is 18.8 Å². The van der Waals surface area contributed by atoms with Crippen molar-refractivity contribution in [2.45, 2.75) is 24.2 Å². The maximum atomic E-state index is 12.6. The second-order valence-corrected chi connectivity index (χ2v) is 6.99. The second kappa shape index (κ2) is 5.03. The predicted molar refractivity (Wildman–Crippen MR) is 78.8 cm³/mol. The molecule has 3 rings (SSSR count). The lowest BCUT2D eigenvalue weighted by Crippen LogP contribution is -2.35. The molecule has 0 amide bonds. The smallest absolute Gasteiger partial charge is 0.243 e. The average Bonchev–Trinajstić information content (AvgIpc) is 2.47. The van der Waals surface area contributed by atoms with Crippen LogP contribution < -0.4 is 5.73 Å². The third-order valence-electron chi connectivity index (χ3n) is 3.64. The third-order valence-corrected chi connectivity index (χ3v) is 5.53. The normalized spacial score (nSPS) is 17.4. The van der Waals surface area contributed by atoms with Crippen LogP contribution in [0.2, 0.25) is 0 Å². The van der Waals surface area contributed by atoms with Crippen molar-refractivity contribution in [2.24, 2.45) is 0 Å². The largest absolute Gasteiger partial charge is 0.384 e. The van der Waals surface area contributed by atoms with Gasteiger partial charge in [-0.25, -0.2) is 13.4 Å². The summed E-state index contributed by atoms with van der Waals surface area (Å²) in [6, 6.07) is 8.47. The molecule has 2 aromatic rings. The van der Waals surface area contributed by atoms with Crippen LogP contribution in [0, 0.1) is 0 Å². The molecule has 0 unspecified atom stereocenters. The van der Waals surface area contributed by atoms with Gasteiger partial charge in [-0.3, -0.25) is 0 Å². The van der Waals surface area contributed by atoms with Crippen LogP contribution in [0.5, 0.6) is 0 Å². The quantitative estimate of drug-likeness (QED) is 0.918. The van der Waals surface area contributed by atoms with Crippen molar-refractivity contribution in [1.29, 1.82) is 0 Å². The van der Waals surface area contributed by atoms with Gasteiger partial charge in [0.05, 0.1) is 10.4 Å². The van der Waals surface area contributed by atoms with Gasteiger partial charge in [-0.2, -0.15) is 4.31 Å². The minimum atomic E-state index is -3.39. The fourth-order valence-electron chi connectivity index (χ4n) is 2.53. The molecule has 0 atom stereocenters. The number of nitrogens with two attached hydrogens (primary N) is 1. The molecule has 1 aromatic carbocycles. The van der Waals surface area contributed by atoms with E-state index in [1.807, 2.05) is 0 Å². The van der Waals surface area contributed by atoms with Crippen LogP contribution in [-0.2, 0) is 10.0 Å². The van der Waals surface area contributed by atoms with Gasteiger partial charge in [0, 0.05) is 18.5 Å². The van der Waals surface area contributed by atoms with Crippen molar-refractivity contribution in [1.82, 2.24) is 9.29 Å². The summed E-state index contributed by atoms with van der Waals surface area (Å²) in [5.74, 6) is 0.434. The van der Waals surface area contributed by atoms with Crippen LogP contribution in [0.3, 0.4) is 0 Å². The summed E-state index contributed by atoms with van der Waals surface area (Å²) in [7, 11) is -3.39. The summed E-state index contributed by atoms with van der Waals surface area (Å²) >= 11 is 0. The van der Waals surface area contributed by atoms with E-state index in [2.05, 4.69) is 4.98 Å². The molecule has 106 valence electrons. The van der Waals surface area contributed by atoms with E-state index in [4.69, 9.17) is 5.73 Å². The fraction of sp³-hybridized carbons (Fsp3) is 0.357. The van der Waals surface area contributed by atoms with Gasteiger partial charge < -0.3 is 5.73 Å². The Bertz CT molecular complexity index is 737. The summed E-state index contributed by atoms with van der Waals surface area (Å²) in [6.45, 7) is 1.22. The highest BCUT2D eigenvalue weighted by molar-refractivity contribution is 7.89. The number of aromatic nitrogens is 1. The van der Waals surface area contributed by atoms with E-state index in [0.29, 0.717) is 29.3 Å². The Labute approximate surface area is 118 Å². The van der Waals surface area contributed by atoms with E-state index >= 15 is 0 Å². The molecule has 20 heavy (non-hydrogen) atoms. The van der Waals surface area contributed by atoms with Gasteiger partial charge in [0.1, 0.15) is 5.82 Å². The SMILES string of the molecule is Nc1ccc2cc(S(=O)(=O)N3CCCCC3)ccc2n1. The standard InChI is InChI=1S/C14H17N3O2S/c15-14-7-4-11-10-12(5-6-13(11)16-14)20(18,19)17-8-2-1-3-9-17/h4-7,10H,1-3,8-9H2,(H2,15,16). The van der Waals surface area contributed by atoms with Crippen molar-refractivity contribution in [3.8, 4) is 0 Å². The average molecular weight is 291 g/mol. The zero-order chi connectivity index (χ0) is 14.2. The predicted octanol–water partition coefficient (Wildman–Crippen LogP) is 1.99. The fourth-order valence-corrected chi connectivity index (χ4v) is 4.09. The Hall–Kier alpha value is -1.66. The number of pyridine rings is 1. The molecule has 0 radical (unpaired) electrons. The highest BCUT2D eigenvalue weighted by Gasteiger charge is 2.25. The number of hydrogen-bond acceptors (Lipinski definition) is 4. The number of nitrogen functional groups attached to an aromatic ring is 1. The molecule has 6 heteroatoms. The Morgan fingerprint density at radius 3 is 2.55 bits per heavy atom. The minimum absolute atomic E-state index is 0.332. The molecule has 1 aromatic heterocycles. The number of rotatable bonds is 2. The summed E-state index contributed by atoms with van der Waals surface area (Å²) < 4.78 is 26.7. The molecule has 1 saturated heterocycles. The first kappa shape index (κ1) is 13.3. The van der Waals surface area contributed by atoms with E-state index in [0.717, 1.165) is 24.6 Å². The van der Waals surface area contributed by atoms with Crippen molar-refractivity contribution >= 4 is 26.7 Å². The van der Waals surface area contributed by atoms with Crippen molar-refractivity contribution in [3.05, 3.63) is 30.3 Å². The maximum Gasteiger partial charge on any atom is 0.243 e. The first-order chi connectivity index (χ1) is 9.57. The van der Waals surface area contributed by atoms with Gasteiger partial charge in [-0.05, 0) is 43.2 Å². The van der Waals surface area contributed by atoms with Gasteiger partial charge in [-0.1, -0.05) is 6.42 Å². The maximum absolute atomic E-state index is 12.6. The highest BCUT2D eigenvalue weighted by Crippen LogP contribution is 2.24. The Kier molecular flexibility index (Phi) is 3.35. The van der Waals surface area contributed by atoms with Crippen LogP contribution in [0.1, 0.15) is 19.3 Å². The lowest BCUT2D eigenvalue weighted by atomic mass is 10.2. The van der Waals surface area contributed by atoms with Crippen LogP contribution in [-0.4, -0.2) is 30.8 Å². The molecule has 2 heterocycles. The molecule has 0 spiro atoms. The number of benzene rings is 1. The Morgan fingerprint density at radius 2 is 1.80 bits per heavy atom. The van der Waals surface area contributed by atoms with E-state index < -0.39 is 10.0 Å².